The number of hydrogen-bond donors (Lipinski definition) is 2. The molecule has 1 spiro atoms. The second-order valence-electron chi connectivity index (χ2n) is 6.40. The fraction of sp³-hybridized carbons (Fsp3) is 0.263. The highest BCUT2D eigenvalue weighted by Crippen LogP contribution is 2.46. The van der Waals surface area contributed by atoms with E-state index in [0.717, 1.165) is 22.4 Å². The van der Waals surface area contributed by atoms with Gasteiger partial charge < -0.3 is 20.1 Å². The van der Waals surface area contributed by atoms with Crippen LogP contribution in [0.4, 0.5) is 0 Å². The minimum absolute atomic E-state index is 0.138. The number of rotatable bonds is 2. The van der Waals surface area contributed by atoms with Crippen LogP contribution in [0.25, 0.3) is 0 Å². The van der Waals surface area contributed by atoms with Gasteiger partial charge in [0.05, 0.1) is 7.11 Å². The van der Waals surface area contributed by atoms with Gasteiger partial charge in [-0.2, -0.15) is 0 Å². The van der Waals surface area contributed by atoms with Gasteiger partial charge in [0.15, 0.2) is 10.7 Å². The third-order valence-corrected chi connectivity index (χ3v) is 4.97. The molecule has 25 heavy (non-hydrogen) atoms. The molecule has 2 aromatic carbocycles. The van der Waals surface area contributed by atoms with Crippen molar-refractivity contribution < 1.29 is 14.3 Å². The second-order valence-corrected chi connectivity index (χ2v) is 6.81. The molecular weight excluding hydrogens is 336 g/mol. The van der Waals surface area contributed by atoms with Crippen molar-refractivity contribution in [2.24, 2.45) is 0 Å². The van der Waals surface area contributed by atoms with E-state index < -0.39 is 5.54 Å². The van der Waals surface area contributed by atoms with Gasteiger partial charge in [0.25, 0.3) is 5.91 Å². The highest BCUT2D eigenvalue weighted by atomic mass is 32.1. The summed E-state index contributed by atoms with van der Waals surface area (Å²) in [5, 5.41) is 6.27. The first-order chi connectivity index (χ1) is 12.0. The Hall–Kier alpha value is -2.60. The molecule has 2 aromatic rings. The van der Waals surface area contributed by atoms with E-state index in [1.54, 1.807) is 7.11 Å². The molecule has 0 saturated carbocycles. The van der Waals surface area contributed by atoms with E-state index in [9.17, 15) is 4.79 Å². The van der Waals surface area contributed by atoms with E-state index in [1.165, 1.54) is 0 Å². The Balaban J connectivity index is 1.83. The normalized spacial score (nSPS) is 24.3. The second kappa shape index (κ2) is 5.74. The highest BCUT2D eigenvalue weighted by Gasteiger charge is 2.52. The van der Waals surface area contributed by atoms with Crippen LogP contribution in [-0.2, 0) is 10.3 Å². The number of amides is 1. The van der Waals surface area contributed by atoms with Crippen LogP contribution < -0.4 is 20.1 Å². The summed E-state index contributed by atoms with van der Waals surface area (Å²) in [5.41, 5.74) is 1.93. The van der Waals surface area contributed by atoms with E-state index >= 15 is 0 Å². The highest BCUT2D eigenvalue weighted by molar-refractivity contribution is 7.80. The summed E-state index contributed by atoms with van der Waals surface area (Å²) in [6.07, 6.45) is 0.159. The van der Waals surface area contributed by atoms with Gasteiger partial charge in [-0.15, -0.1) is 0 Å². The summed E-state index contributed by atoms with van der Waals surface area (Å²) < 4.78 is 11.5. The number of nitrogens with one attached hydrogen (secondary N) is 2. The van der Waals surface area contributed by atoms with E-state index in [0.29, 0.717) is 17.3 Å². The van der Waals surface area contributed by atoms with Crippen molar-refractivity contribution in [3.63, 3.8) is 0 Å². The molecule has 4 rings (SSSR count). The van der Waals surface area contributed by atoms with Crippen LogP contribution in [0.2, 0.25) is 0 Å². The number of carbonyl (C=O) groups is 1. The molecule has 1 fully saturated rings. The minimum atomic E-state index is -0.912. The number of ether oxygens (including phenoxy) is 2. The monoisotopic (exact) mass is 354 g/mol. The summed E-state index contributed by atoms with van der Waals surface area (Å²) >= 11 is 5.20. The third kappa shape index (κ3) is 2.53. The molecule has 0 aliphatic carbocycles. The summed E-state index contributed by atoms with van der Waals surface area (Å²) in [7, 11) is 1.63. The van der Waals surface area contributed by atoms with Crippen LogP contribution >= 0.6 is 12.2 Å². The lowest BCUT2D eigenvalue weighted by molar-refractivity contribution is -0.126. The van der Waals surface area contributed by atoms with E-state index in [4.69, 9.17) is 21.7 Å². The number of methoxy groups -OCH3 is 1. The lowest BCUT2D eigenvalue weighted by Gasteiger charge is -2.38. The van der Waals surface area contributed by atoms with Gasteiger partial charge in [-0.05, 0) is 49.0 Å². The molecule has 2 N–H and O–H groups in total. The van der Waals surface area contributed by atoms with Gasteiger partial charge in [0.2, 0.25) is 0 Å². The Morgan fingerprint density at radius 1 is 1.28 bits per heavy atom. The first-order valence-electron chi connectivity index (χ1n) is 8.07. The Labute approximate surface area is 151 Å². The molecule has 5 nitrogen and oxygen atoms in total. The number of aryl methyl sites for hydroxylation is 1. The Bertz CT molecular complexity index is 883. The van der Waals surface area contributed by atoms with Crippen molar-refractivity contribution in [1.82, 2.24) is 10.6 Å². The molecule has 2 aliphatic rings. The summed E-state index contributed by atoms with van der Waals surface area (Å²) in [6, 6.07) is 13.6. The maximum atomic E-state index is 12.8. The molecule has 1 saturated heterocycles. The summed E-state index contributed by atoms with van der Waals surface area (Å²) in [5.74, 6) is 1.31. The molecule has 6 heteroatoms. The zero-order valence-corrected chi connectivity index (χ0v) is 14.8. The molecule has 1 amide bonds. The maximum Gasteiger partial charge on any atom is 0.256 e. The quantitative estimate of drug-likeness (QED) is 0.812. The van der Waals surface area contributed by atoms with Crippen molar-refractivity contribution in [1.29, 1.82) is 0 Å². The van der Waals surface area contributed by atoms with Crippen LogP contribution in [0.3, 0.4) is 0 Å². The Morgan fingerprint density at radius 3 is 2.84 bits per heavy atom. The maximum absolute atomic E-state index is 12.8. The van der Waals surface area contributed by atoms with Crippen LogP contribution in [0, 0.1) is 6.92 Å². The Kier molecular flexibility index (Phi) is 3.65. The molecule has 2 aliphatic heterocycles. The van der Waals surface area contributed by atoms with E-state index in [2.05, 4.69) is 10.6 Å². The van der Waals surface area contributed by atoms with Gasteiger partial charge in [0, 0.05) is 12.0 Å². The fourth-order valence-corrected chi connectivity index (χ4v) is 3.78. The average molecular weight is 354 g/mol. The lowest BCUT2D eigenvalue weighted by atomic mass is 9.79. The van der Waals surface area contributed by atoms with Gasteiger partial charge in [-0.1, -0.05) is 23.8 Å². The number of thiocarbonyl (C=S) groups is 1. The van der Waals surface area contributed by atoms with Gasteiger partial charge >= 0.3 is 0 Å². The van der Waals surface area contributed by atoms with Gasteiger partial charge in [-0.3, -0.25) is 4.79 Å². The molecule has 128 valence electrons. The third-order valence-electron chi connectivity index (χ3n) is 4.76. The van der Waals surface area contributed by atoms with Crippen LogP contribution in [0.1, 0.15) is 29.2 Å². The smallest absolute Gasteiger partial charge is 0.256 e. The first kappa shape index (κ1) is 15.9. The SMILES string of the molecule is COc1cccc(C2CC3(NC(=S)NC3=O)c3cc(C)ccc3O2)c1. The summed E-state index contributed by atoms with van der Waals surface area (Å²) in [6.45, 7) is 1.99. The number of fused-ring (bicyclic) bond motifs is 2. The predicted molar refractivity (Wildman–Crippen MR) is 97.7 cm³/mol. The number of carbonyl (C=O) groups excluding carboxylic acids is 1. The molecule has 2 unspecified atom stereocenters. The van der Waals surface area contributed by atoms with Crippen molar-refractivity contribution >= 4 is 23.2 Å². The molecule has 0 aromatic heterocycles. The fourth-order valence-electron chi connectivity index (χ4n) is 3.52. The largest absolute Gasteiger partial charge is 0.497 e. The first-order valence-corrected chi connectivity index (χ1v) is 8.48. The zero-order chi connectivity index (χ0) is 17.6. The van der Waals surface area contributed by atoms with Crippen molar-refractivity contribution in [2.75, 3.05) is 7.11 Å². The van der Waals surface area contributed by atoms with E-state index in [-0.39, 0.29) is 12.0 Å². The van der Waals surface area contributed by atoms with Crippen molar-refractivity contribution in [3.8, 4) is 11.5 Å². The zero-order valence-electron chi connectivity index (χ0n) is 14.0. The van der Waals surface area contributed by atoms with Crippen molar-refractivity contribution in [3.05, 3.63) is 59.2 Å². The molecule has 2 heterocycles. The van der Waals surface area contributed by atoms with Crippen LogP contribution in [0.5, 0.6) is 11.5 Å². The topological polar surface area (TPSA) is 59.6 Å². The number of benzene rings is 2. The lowest BCUT2D eigenvalue weighted by Crippen LogP contribution is -2.48. The van der Waals surface area contributed by atoms with Gasteiger partial charge in [0.1, 0.15) is 17.6 Å². The average Bonchev–Trinajstić information content (AvgIpc) is 2.89. The molecular formula is C19H18N2O3S. The molecule has 0 bridgehead atoms. The predicted octanol–water partition coefficient (Wildman–Crippen LogP) is 2.73. The molecule has 0 radical (unpaired) electrons. The van der Waals surface area contributed by atoms with Crippen LogP contribution in [0.15, 0.2) is 42.5 Å². The number of hydrogen-bond acceptors (Lipinski definition) is 4. The Morgan fingerprint density at radius 2 is 2.12 bits per heavy atom. The van der Waals surface area contributed by atoms with Crippen molar-refractivity contribution in [2.45, 2.75) is 25.0 Å². The minimum Gasteiger partial charge on any atom is -0.497 e. The molecule has 2 atom stereocenters. The van der Waals surface area contributed by atoms with Crippen LogP contribution in [-0.4, -0.2) is 18.1 Å². The van der Waals surface area contributed by atoms with E-state index in [1.807, 2.05) is 49.4 Å². The standard InChI is InChI=1S/C19H18N2O3S/c1-11-6-7-15-14(8-11)19(17(22)20-18(25)21-19)10-16(24-15)12-4-3-5-13(9-12)23-2/h3-9,16H,10H2,1-2H3,(H2,20,21,22,25). The summed E-state index contributed by atoms with van der Waals surface area (Å²) in [4.78, 5) is 12.8. The van der Waals surface area contributed by atoms with Gasteiger partial charge in [-0.25, -0.2) is 0 Å².